The van der Waals surface area contributed by atoms with Crippen LogP contribution < -0.4 is 5.32 Å². The molecule has 3 nitrogen and oxygen atoms in total. The summed E-state index contributed by atoms with van der Waals surface area (Å²) in [5.41, 5.74) is 0. The number of hydrogen-bond donors (Lipinski definition) is 1. The van der Waals surface area contributed by atoms with Crippen molar-refractivity contribution in [1.29, 1.82) is 0 Å². The van der Waals surface area contributed by atoms with Gasteiger partial charge >= 0.3 is 0 Å². The molecule has 1 saturated carbocycles. The number of nitrogens with zero attached hydrogens (tertiary/aromatic N) is 2. The summed E-state index contributed by atoms with van der Waals surface area (Å²) < 4.78 is 2.35. The Hall–Kier alpha value is -0.640. The van der Waals surface area contributed by atoms with E-state index in [1.807, 2.05) is 18.0 Å². The predicted molar refractivity (Wildman–Crippen MR) is 80.5 cm³/mol. The number of hydrogen-bond acceptors (Lipinski definition) is 3. The lowest BCUT2D eigenvalue weighted by molar-refractivity contribution is 0.356. The number of unbranched alkanes of at least 4 members (excludes halogenated alkanes) is 1. The Morgan fingerprint density at radius 2 is 2.17 bits per heavy atom. The lowest BCUT2D eigenvalue weighted by atomic mass is 9.95. The lowest BCUT2D eigenvalue weighted by Crippen LogP contribution is -2.16. The van der Waals surface area contributed by atoms with E-state index in [0.29, 0.717) is 6.04 Å². The Balaban J connectivity index is 1.79. The van der Waals surface area contributed by atoms with E-state index in [4.69, 9.17) is 0 Å². The summed E-state index contributed by atoms with van der Waals surface area (Å²) in [7, 11) is 0. The van der Waals surface area contributed by atoms with Crippen molar-refractivity contribution in [2.24, 2.45) is 0 Å². The molecule has 1 aromatic rings. The number of anilines is 1. The monoisotopic (exact) mass is 267 g/mol. The quantitative estimate of drug-likeness (QED) is 0.759. The molecule has 2 rings (SSSR count). The minimum absolute atomic E-state index is 0.676. The molecule has 0 bridgehead atoms. The molecule has 1 aliphatic rings. The molecule has 0 aromatic carbocycles. The molecule has 4 heteroatoms. The van der Waals surface area contributed by atoms with Crippen LogP contribution in [0.2, 0.25) is 0 Å². The van der Waals surface area contributed by atoms with Crippen LogP contribution in [0.1, 0.15) is 51.0 Å². The van der Waals surface area contributed by atoms with Crippen LogP contribution in [-0.4, -0.2) is 28.1 Å². The Morgan fingerprint density at radius 1 is 1.33 bits per heavy atom. The van der Waals surface area contributed by atoms with Crippen LogP contribution in [0.25, 0.3) is 0 Å². The van der Waals surface area contributed by atoms with E-state index in [1.54, 1.807) is 0 Å². The number of aromatic nitrogens is 2. The minimum Gasteiger partial charge on any atom is -0.356 e. The second-order valence-corrected chi connectivity index (χ2v) is 6.06. The average Bonchev–Trinajstić information content (AvgIpc) is 2.88. The first-order valence-corrected chi connectivity index (χ1v) is 8.57. The summed E-state index contributed by atoms with van der Waals surface area (Å²) in [6, 6.07) is 0.676. The number of nitrogens with one attached hydrogen (secondary N) is 1. The standard InChI is InChI=1S/C14H25N3S/c1-18-12-6-5-9-15-14-16-10-11-17(14)13-7-3-2-4-8-13/h10-11,13H,2-9,12H2,1H3,(H,15,16). The molecule has 0 aliphatic heterocycles. The van der Waals surface area contributed by atoms with E-state index in [1.165, 1.54) is 50.7 Å². The molecule has 0 amide bonds. The van der Waals surface area contributed by atoms with Crippen LogP contribution in [0.5, 0.6) is 0 Å². The van der Waals surface area contributed by atoms with Crippen molar-refractivity contribution in [2.75, 3.05) is 23.9 Å². The summed E-state index contributed by atoms with van der Waals surface area (Å²) in [6.45, 7) is 1.05. The third-order valence-electron chi connectivity index (χ3n) is 3.70. The van der Waals surface area contributed by atoms with Crippen molar-refractivity contribution in [3.8, 4) is 0 Å². The van der Waals surface area contributed by atoms with Gasteiger partial charge in [0.05, 0.1) is 0 Å². The maximum absolute atomic E-state index is 4.46. The second kappa shape index (κ2) is 7.72. The first-order valence-electron chi connectivity index (χ1n) is 7.17. The van der Waals surface area contributed by atoms with E-state index >= 15 is 0 Å². The first kappa shape index (κ1) is 13.8. The van der Waals surface area contributed by atoms with Gasteiger partial charge in [-0.05, 0) is 37.7 Å². The molecule has 0 unspecified atom stereocenters. The molecule has 1 heterocycles. The van der Waals surface area contributed by atoms with Crippen LogP contribution in [0.15, 0.2) is 12.4 Å². The topological polar surface area (TPSA) is 29.9 Å². The van der Waals surface area contributed by atoms with Gasteiger partial charge in [0, 0.05) is 25.0 Å². The predicted octanol–water partition coefficient (Wildman–Crippen LogP) is 3.94. The van der Waals surface area contributed by atoms with Crippen molar-refractivity contribution < 1.29 is 0 Å². The third kappa shape index (κ3) is 3.94. The highest BCUT2D eigenvalue weighted by Gasteiger charge is 2.17. The van der Waals surface area contributed by atoms with E-state index in [9.17, 15) is 0 Å². The van der Waals surface area contributed by atoms with Gasteiger partial charge in [0.25, 0.3) is 0 Å². The molecule has 1 fully saturated rings. The fraction of sp³-hybridized carbons (Fsp3) is 0.786. The van der Waals surface area contributed by atoms with Crippen molar-refractivity contribution >= 4 is 17.7 Å². The van der Waals surface area contributed by atoms with Crippen LogP contribution in [0, 0.1) is 0 Å². The van der Waals surface area contributed by atoms with Gasteiger partial charge in [-0.25, -0.2) is 4.98 Å². The van der Waals surface area contributed by atoms with Crippen molar-refractivity contribution in [2.45, 2.75) is 51.0 Å². The molecule has 0 atom stereocenters. The second-order valence-electron chi connectivity index (χ2n) is 5.08. The highest BCUT2D eigenvalue weighted by molar-refractivity contribution is 7.98. The molecule has 1 N–H and O–H groups in total. The Labute approximate surface area is 115 Å². The fourth-order valence-electron chi connectivity index (χ4n) is 2.68. The zero-order chi connectivity index (χ0) is 12.6. The van der Waals surface area contributed by atoms with Gasteiger partial charge in [-0.15, -0.1) is 0 Å². The van der Waals surface area contributed by atoms with E-state index in [0.717, 1.165) is 12.5 Å². The van der Waals surface area contributed by atoms with Gasteiger partial charge in [0.1, 0.15) is 0 Å². The van der Waals surface area contributed by atoms with Gasteiger partial charge in [0.15, 0.2) is 0 Å². The van der Waals surface area contributed by atoms with Gasteiger partial charge in [-0.2, -0.15) is 11.8 Å². The first-order chi connectivity index (χ1) is 8.92. The van der Waals surface area contributed by atoms with Gasteiger partial charge in [-0.1, -0.05) is 19.3 Å². The highest BCUT2D eigenvalue weighted by atomic mass is 32.2. The molecule has 1 aliphatic carbocycles. The minimum atomic E-state index is 0.676. The van der Waals surface area contributed by atoms with Gasteiger partial charge in [-0.3, -0.25) is 0 Å². The summed E-state index contributed by atoms with van der Waals surface area (Å²) in [4.78, 5) is 4.46. The van der Waals surface area contributed by atoms with Crippen LogP contribution >= 0.6 is 11.8 Å². The maximum Gasteiger partial charge on any atom is 0.203 e. The molecule has 18 heavy (non-hydrogen) atoms. The highest BCUT2D eigenvalue weighted by Crippen LogP contribution is 2.30. The van der Waals surface area contributed by atoms with Gasteiger partial charge < -0.3 is 9.88 Å². The van der Waals surface area contributed by atoms with Crippen LogP contribution in [-0.2, 0) is 0 Å². The zero-order valence-electron chi connectivity index (χ0n) is 11.4. The van der Waals surface area contributed by atoms with Gasteiger partial charge in [0.2, 0.25) is 5.95 Å². The number of imidazole rings is 1. The SMILES string of the molecule is CSCCCCNc1nccn1C1CCCCC1. The maximum atomic E-state index is 4.46. The molecule has 102 valence electrons. The number of thioether (sulfide) groups is 1. The smallest absolute Gasteiger partial charge is 0.203 e. The zero-order valence-corrected chi connectivity index (χ0v) is 12.2. The lowest BCUT2D eigenvalue weighted by Gasteiger charge is -2.24. The van der Waals surface area contributed by atoms with Crippen LogP contribution in [0.4, 0.5) is 5.95 Å². The summed E-state index contributed by atoms with van der Waals surface area (Å²) in [5, 5.41) is 3.49. The Bertz CT molecular complexity index is 332. The average molecular weight is 267 g/mol. The largest absolute Gasteiger partial charge is 0.356 e. The molecule has 1 aromatic heterocycles. The molecular weight excluding hydrogens is 242 g/mol. The third-order valence-corrected chi connectivity index (χ3v) is 4.39. The molecular formula is C14H25N3S. The Kier molecular flexibility index (Phi) is 5.91. The number of rotatable bonds is 7. The fourth-order valence-corrected chi connectivity index (χ4v) is 3.17. The Morgan fingerprint density at radius 3 is 2.94 bits per heavy atom. The molecule has 0 spiro atoms. The summed E-state index contributed by atoms with van der Waals surface area (Å²) in [5.74, 6) is 2.34. The molecule has 0 saturated heterocycles. The van der Waals surface area contributed by atoms with Crippen molar-refractivity contribution in [3.63, 3.8) is 0 Å². The van der Waals surface area contributed by atoms with Crippen molar-refractivity contribution in [1.82, 2.24) is 9.55 Å². The van der Waals surface area contributed by atoms with E-state index < -0.39 is 0 Å². The van der Waals surface area contributed by atoms with E-state index in [2.05, 4.69) is 27.3 Å². The summed E-state index contributed by atoms with van der Waals surface area (Å²) >= 11 is 1.93. The van der Waals surface area contributed by atoms with Crippen LogP contribution in [0.3, 0.4) is 0 Å². The van der Waals surface area contributed by atoms with Crippen molar-refractivity contribution in [3.05, 3.63) is 12.4 Å². The normalized spacial score (nSPS) is 16.9. The summed E-state index contributed by atoms with van der Waals surface area (Å²) in [6.07, 6.45) is 15.5. The van der Waals surface area contributed by atoms with E-state index in [-0.39, 0.29) is 0 Å². The molecule has 0 radical (unpaired) electrons.